The number of carbonyl (C=O) groups excluding carboxylic acids is 2. The average Bonchev–Trinajstić information content (AvgIpc) is 2.91. The molecule has 0 radical (unpaired) electrons. The van der Waals surface area contributed by atoms with Crippen LogP contribution in [0.5, 0.6) is 23.0 Å². The van der Waals surface area contributed by atoms with E-state index in [1.54, 1.807) is 50.4 Å². The number of ether oxygens (including phenoxy) is 5. The third-order valence-electron chi connectivity index (χ3n) is 5.53. The second kappa shape index (κ2) is 13.2. The number of aliphatic hydroxyl groups excluding tert-OH is 1. The number of amides is 2. The van der Waals surface area contributed by atoms with E-state index in [4.69, 9.17) is 23.7 Å². The number of carbonyl (C=O) groups is 2. The predicted molar refractivity (Wildman–Crippen MR) is 139 cm³/mol. The van der Waals surface area contributed by atoms with Crippen LogP contribution in [0.4, 0.5) is 4.79 Å². The maximum atomic E-state index is 12.4. The summed E-state index contributed by atoms with van der Waals surface area (Å²) in [7, 11) is 4.34. The first-order chi connectivity index (χ1) is 18.3. The van der Waals surface area contributed by atoms with Crippen LogP contribution >= 0.6 is 0 Å². The van der Waals surface area contributed by atoms with Gasteiger partial charge in [0.05, 0.1) is 45.8 Å². The number of hydrazone groups is 1. The number of allylic oxidation sites excluding steroid dienone is 1. The van der Waals surface area contributed by atoms with Crippen LogP contribution in [0.25, 0.3) is 0 Å². The summed E-state index contributed by atoms with van der Waals surface area (Å²) in [6.45, 7) is 3.62. The molecule has 2 aromatic rings. The SMILES string of the molecule is CCOc1cc([C@@H]2NC(=O)NC(C)=C2C(=O)OC)ccc1OC[C@@H](O)N/N=C/c1cccc(OC)c1OC. The fourth-order valence-electron chi connectivity index (χ4n) is 3.83. The smallest absolute Gasteiger partial charge is 0.337 e. The molecule has 38 heavy (non-hydrogen) atoms. The van der Waals surface area contributed by atoms with Gasteiger partial charge in [-0.2, -0.15) is 5.10 Å². The minimum atomic E-state index is -1.14. The number of hydrogen-bond donors (Lipinski definition) is 4. The van der Waals surface area contributed by atoms with E-state index >= 15 is 0 Å². The largest absolute Gasteiger partial charge is 0.493 e. The molecule has 12 heteroatoms. The summed E-state index contributed by atoms with van der Waals surface area (Å²) < 4.78 is 27.0. The maximum absolute atomic E-state index is 12.4. The Morgan fingerprint density at radius 2 is 1.92 bits per heavy atom. The van der Waals surface area contributed by atoms with Crippen molar-refractivity contribution in [3.05, 3.63) is 58.8 Å². The van der Waals surface area contributed by atoms with Crippen molar-refractivity contribution in [1.82, 2.24) is 16.1 Å². The standard InChI is InChI=1S/C26H32N4O8/c1-6-37-20-12-16(23-22(25(32)36-5)15(2)28-26(33)29-23)10-11-18(20)38-14-21(31)30-27-13-17-8-7-9-19(34-3)24(17)35-4/h7-13,21,23,30-31H,6,14H2,1-5H3,(H2,28,29,33)/b27-13+/t21-,23+/m1/s1. The van der Waals surface area contributed by atoms with Crippen molar-refractivity contribution in [3.63, 3.8) is 0 Å². The number of nitrogens with zero attached hydrogens (tertiary/aromatic N) is 1. The Labute approximate surface area is 220 Å². The quantitative estimate of drug-likeness (QED) is 0.141. The summed E-state index contributed by atoms with van der Waals surface area (Å²) in [5.74, 6) is 1.23. The Morgan fingerprint density at radius 1 is 1.13 bits per heavy atom. The van der Waals surface area contributed by atoms with Gasteiger partial charge in [-0.1, -0.05) is 12.1 Å². The van der Waals surface area contributed by atoms with Crippen LogP contribution in [-0.4, -0.2) is 64.1 Å². The van der Waals surface area contributed by atoms with Gasteiger partial charge in [0.15, 0.2) is 29.2 Å². The van der Waals surface area contributed by atoms with E-state index in [9.17, 15) is 14.7 Å². The summed E-state index contributed by atoms with van der Waals surface area (Å²) >= 11 is 0. The fourth-order valence-corrected chi connectivity index (χ4v) is 3.83. The molecule has 0 spiro atoms. The molecular formula is C26H32N4O8. The molecule has 0 aromatic heterocycles. The first-order valence-corrected chi connectivity index (χ1v) is 11.8. The maximum Gasteiger partial charge on any atom is 0.337 e. The molecule has 1 aliphatic rings. The Morgan fingerprint density at radius 3 is 2.61 bits per heavy atom. The molecule has 1 aliphatic heterocycles. The zero-order chi connectivity index (χ0) is 27.7. The highest BCUT2D eigenvalue weighted by molar-refractivity contribution is 5.95. The first kappa shape index (κ1) is 28.1. The monoisotopic (exact) mass is 528 g/mol. The van der Waals surface area contributed by atoms with Crippen molar-refractivity contribution in [1.29, 1.82) is 0 Å². The summed E-state index contributed by atoms with van der Waals surface area (Å²) in [4.78, 5) is 24.5. The van der Waals surface area contributed by atoms with Crippen molar-refractivity contribution < 1.29 is 38.4 Å². The van der Waals surface area contributed by atoms with E-state index in [0.717, 1.165) is 0 Å². The van der Waals surface area contributed by atoms with Gasteiger partial charge in [0.25, 0.3) is 0 Å². The predicted octanol–water partition coefficient (Wildman–Crippen LogP) is 2.22. The second-order valence-electron chi connectivity index (χ2n) is 8.00. The van der Waals surface area contributed by atoms with Gasteiger partial charge < -0.3 is 39.4 Å². The molecule has 0 aliphatic carbocycles. The number of benzene rings is 2. The molecule has 0 unspecified atom stereocenters. The molecule has 4 N–H and O–H groups in total. The lowest BCUT2D eigenvalue weighted by Crippen LogP contribution is -2.45. The number of methoxy groups -OCH3 is 3. The molecule has 3 rings (SSSR count). The van der Waals surface area contributed by atoms with Gasteiger partial charge in [0, 0.05) is 11.3 Å². The lowest BCUT2D eigenvalue weighted by atomic mass is 9.95. The third-order valence-corrected chi connectivity index (χ3v) is 5.53. The molecule has 2 aromatic carbocycles. The van der Waals surface area contributed by atoms with Crippen LogP contribution < -0.4 is 35.0 Å². The summed E-state index contributed by atoms with van der Waals surface area (Å²) in [5, 5.41) is 19.7. The number of esters is 1. The van der Waals surface area contributed by atoms with Crippen molar-refractivity contribution in [2.24, 2.45) is 5.10 Å². The highest BCUT2D eigenvalue weighted by Crippen LogP contribution is 2.35. The fraction of sp³-hybridized carbons (Fsp3) is 0.346. The van der Waals surface area contributed by atoms with Gasteiger partial charge in [0.2, 0.25) is 0 Å². The van der Waals surface area contributed by atoms with Crippen LogP contribution in [0.1, 0.15) is 31.0 Å². The molecular weight excluding hydrogens is 496 g/mol. The van der Waals surface area contributed by atoms with E-state index < -0.39 is 24.3 Å². The molecule has 0 saturated carbocycles. The van der Waals surface area contributed by atoms with E-state index in [0.29, 0.717) is 46.4 Å². The normalized spacial score (nSPS) is 15.8. The minimum Gasteiger partial charge on any atom is -0.493 e. The Kier molecular flexibility index (Phi) is 9.77. The zero-order valence-electron chi connectivity index (χ0n) is 21.9. The van der Waals surface area contributed by atoms with Crippen molar-refractivity contribution in [2.75, 3.05) is 34.5 Å². The molecule has 0 bridgehead atoms. The summed E-state index contributed by atoms with van der Waals surface area (Å²) in [6, 6.07) is 9.14. The van der Waals surface area contributed by atoms with Crippen molar-refractivity contribution in [3.8, 4) is 23.0 Å². The molecule has 2 atom stereocenters. The average molecular weight is 529 g/mol. The minimum absolute atomic E-state index is 0.150. The summed E-state index contributed by atoms with van der Waals surface area (Å²) in [5.41, 5.74) is 4.50. The highest BCUT2D eigenvalue weighted by Gasteiger charge is 2.32. The van der Waals surface area contributed by atoms with Gasteiger partial charge in [-0.05, 0) is 43.7 Å². The van der Waals surface area contributed by atoms with Gasteiger partial charge >= 0.3 is 12.0 Å². The van der Waals surface area contributed by atoms with E-state index in [1.165, 1.54) is 20.4 Å². The van der Waals surface area contributed by atoms with Gasteiger partial charge in [-0.15, -0.1) is 0 Å². The summed E-state index contributed by atoms with van der Waals surface area (Å²) in [6.07, 6.45) is 0.351. The zero-order valence-corrected chi connectivity index (χ0v) is 21.9. The Bertz CT molecular complexity index is 1210. The first-order valence-electron chi connectivity index (χ1n) is 11.8. The Hall–Kier alpha value is -4.45. The molecule has 1 heterocycles. The van der Waals surface area contributed by atoms with Crippen molar-refractivity contribution in [2.45, 2.75) is 26.1 Å². The van der Waals surface area contributed by atoms with Crippen molar-refractivity contribution >= 4 is 18.2 Å². The van der Waals surface area contributed by atoms with E-state index in [-0.39, 0.29) is 12.2 Å². The number of urea groups is 1. The lowest BCUT2D eigenvalue weighted by Gasteiger charge is -2.28. The molecule has 204 valence electrons. The molecule has 0 fully saturated rings. The number of rotatable bonds is 12. The number of para-hydroxylation sites is 1. The van der Waals surface area contributed by atoms with Crippen LogP contribution in [0.2, 0.25) is 0 Å². The number of nitrogens with one attached hydrogen (secondary N) is 3. The number of hydrogen-bond acceptors (Lipinski definition) is 10. The Balaban J connectivity index is 1.71. The lowest BCUT2D eigenvalue weighted by molar-refractivity contribution is -0.136. The van der Waals surface area contributed by atoms with Gasteiger partial charge in [-0.3, -0.25) is 5.43 Å². The number of aliphatic hydroxyl groups is 1. The topological polar surface area (TPSA) is 149 Å². The highest BCUT2D eigenvalue weighted by atomic mass is 16.5. The second-order valence-corrected chi connectivity index (χ2v) is 8.00. The van der Waals surface area contributed by atoms with E-state index in [1.807, 2.05) is 6.92 Å². The van der Waals surface area contributed by atoms with Crippen LogP contribution in [0.3, 0.4) is 0 Å². The van der Waals surface area contributed by atoms with Crippen LogP contribution in [0.15, 0.2) is 52.8 Å². The molecule has 2 amide bonds. The third kappa shape index (κ3) is 6.65. The molecule has 0 saturated heterocycles. The molecule has 12 nitrogen and oxygen atoms in total. The van der Waals surface area contributed by atoms with Crippen LogP contribution in [-0.2, 0) is 9.53 Å². The van der Waals surface area contributed by atoms with Gasteiger partial charge in [-0.25, -0.2) is 9.59 Å². The van der Waals surface area contributed by atoms with Crippen LogP contribution in [0, 0.1) is 0 Å². The van der Waals surface area contributed by atoms with Gasteiger partial charge in [0.1, 0.15) is 6.61 Å². The van der Waals surface area contributed by atoms with E-state index in [2.05, 4.69) is 21.2 Å².